The van der Waals surface area contributed by atoms with Crippen LogP contribution in [0.1, 0.15) is 43.0 Å². The molecule has 0 aromatic heterocycles. The van der Waals surface area contributed by atoms with Crippen LogP contribution < -0.4 is 0 Å². The van der Waals surface area contributed by atoms with Crippen molar-refractivity contribution in [3.8, 4) is 0 Å². The summed E-state index contributed by atoms with van der Waals surface area (Å²) in [5.74, 6) is 0.927. The first-order chi connectivity index (χ1) is 6.86. The van der Waals surface area contributed by atoms with Crippen molar-refractivity contribution in [3.05, 3.63) is 34.4 Å². The van der Waals surface area contributed by atoms with Crippen LogP contribution >= 0.6 is 12.6 Å². The zero-order valence-corrected chi connectivity index (χ0v) is 11.4. The summed E-state index contributed by atoms with van der Waals surface area (Å²) in [7, 11) is 0. The van der Waals surface area contributed by atoms with Crippen molar-refractivity contribution in [2.24, 2.45) is 0 Å². The summed E-state index contributed by atoms with van der Waals surface area (Å²) in [4.78, 5) is 0. The summed E-state index contributed by atoms with van der Waals surface area (Å²) < 4.78 is 0. The van der Waals surface area contributed by atoms with Crippen LogP contribution in [0.3, 0.4) is 0 Å². The molecular formula is C14H22S. The molecule has 0 radical (unpaired) electrons. The summed E-state index contributed by atoms with van der Waals surface area (Å²) >= 11 is 4.31. The van der Waals surface area contributed by atoms with E-state index in [-0.39, 0.29) is 5.41 Å². The van der Waals surface area contributed by atoms with Gasteiger partial charge < -0.3 is 0 Å². The Morgan fingerprint density at radius 3 is 1.87 bits per heavy atom. The molecule has 0 atom stereocenters. The van der Waals surface area contributed by atoms with E-state index >= 15 is 0 Å². The van der Waals surface area contributed by atoms with E-state index in [2.05, 4.69) is 59.4 Å². The Morgan fingerprint density at radius 1 is 1.07 bits per heavy atom. The minimum absolute atomic E-state index is 0.245. The van der Waals surface area contributed by atoms with Crippen molar-refractivity contribution in [2.75, 3.05) is 5.75 Å². The molecule has 0 nitrogen and oxygen atoms in total. The minimum atomic E-state index is 0.245. The van der Waals surface area contributed by atoms with Gasteiger partial charge in [0.25, 0.3) is 0 Å². The molecule has 84 valence electrons. The Balaban J connectivity index is 3.19. The van der Waals surface area contributed by atoms with Gasteiger partial charge in [0, 0.05) is 0 Å². The quantitative estimate of drug-likeness (QED) is 0.716. The molecule has 0 aliphatic rings. The van der Waals surface area contributed by atoms with E-state index in [1.165, 1.54) is 22.3 Å². The Hall–Kier alpha value is -0.430. The van der Waals surface area contributed by atoms with Crippen molar-refractivity contribution < 1.29 is 0 Å². The van der Waals surface area contributed by atoms with Crippen molar-refractivity contribution in [3.63, 3.8) is 0 Å². The Labute approximate surface area is 99.5 Å². The maximum Gasteiger partial charge on any atom is -0.00572 e. The molecule has 0 aliphatic carbocycles. The van der Waals surface area contributed by atoms with E-state index < -0.39 is 0 Å². The van der Waals surface area contributed by atoms with E-state index in [1.54, 1.807) is 0 Å². The van der Waals surface area contributed by atoms with Crippen LogP contribution in [0.4, 0.5) is 0 Å². The monoisotopic (exact) mass is 222 g/mol. The third-order valence-electron chi connectivity index (χ3n) is 2.92. The maximum absolute atomic E-state index is 4.31. The van der Waals surface area contributed by atoms with Crippen LogP contribution in [0.2, 0.25) is 0 Å². The molecule has 0 aliphatic heterocycles. The van der Waals surface area contributed by atoms with Crippen LogP contribution in [0, 0.1) is 13.8 Å². The van der Waals surface area contributed by atoms with Gasteiger partial charge in [0.05, 0.1) is 0 Å². The van der Waals surface area contributed by atoms with Crippen LogP contribution in [-0.4, -0.2) is 5.75 Å². The number of thiol groups is 1. The molecule has 0 saturated heterocycles. The molecule has 1 aromatic rings. The minimum Gasteiger partial charge on any atom is -0.179 e. The van der Waals surface area contributed by atoms with E-state index in [9.17, 15) is 0 Å². The molecule has 1 aromatic carbocycles. The molecule has 0 unspecified atom stereocenters. The fourth-order valence-corrected chi connectivity index (χ4v) is 2.16. The van der Waals surface area contributed by atoms with E-state index in [1.807, 2.05) is 0 Å². The fraction of sp³-hybridized carbons (Fsp3) is 0.571. The first-order valence-electron chi connectivity index (χ1n) is 5.57. The van der Waals surface area contributed by atoms with Crippen molar-refractivity contribution >= 4 is 12.6 Å². The molecule has 0 N–H and O–H groups in total. The lowest BCUT2D eigenvalue weighted by atomic mass is 9.83. The van der Waals surface area contributed by atoms with E-state index in [0.29, 0.717) is 0 Å². The lowest BCUT2D eigenvalue weighted by molar-refractivity contribution is 0.588. The SMILES string of the molecule is Cc1cc(C(C)(C)C)cc(C)c1CCS. The van der Waals surface area contributed by atoms with Crippen molar-refractivity contribution in [1.82, 2.24) is 0 Å². The Morgan fingerprint density at radius 2 is 1.53 bits per heavy atom. The van der Waals surface area contributed by atoms with E-state index in [0.717, 1.165) is 12.2 Å². The molecule has 0 spiro atoms. The molecule has 1 rings (SSSR count). The first kappa shape index (κ1) is 12.6. The van der Waals surface area contributed by atoms with Crippen LogP contribution in [-0.2, 0) is 11.8 Å². The second kappa shape index (κ2) is 4.61. The number of benzene rings is 1. The molecular weight excluding hydrogens is 200 g/mol. The Kier molecular flexibility index (Phi) is 3.88. The fourth-order valence-electron chi connectivity index (χ4n) is 1.93. The van der Waals surface area contributed by atoms with Gasteiger partial charge in [-0.05, 0) is 53.7 Å². The van der Waals surface area contributed by atoms with Crippen LogP contribution in [0.25, 0.3) is 0 Å². The molecule has 0 heterocycles. The summed E-state index contributed by atoms with van der Waals surface area (Å²) in [5.41, 5.74) is 5.97. The third-order valence-corrected chi connectivity index (χ3v) is 3.15. The summed E-state index contributed by atoms with van der Waals surface area (Å²) in [6, 6.07) is 4.65. The standard InChI is InChI=1S/C14H22S/c1-10-8-12(14(3,4)5)9-11(2)13(10)6-7-15/h8-9,15H,6-7H2,1-5H3. The zero-order valence-electron chi connectivity index (χ0n) is 10.5. The highest BCUT2D eigenvalue weighted by atomic mass is 32.1. The average Bonchev–Trinajstić information content (AvgIpc) is 2.09. The lowest BCUT2D eigenvalue weighted by Crippen LogP contribution is -2.12. The number of rotatable bonds is 2. The van der Waals surface area contributed by atoms with Gasteiger partial charge in [0.15, 0.2) is 0 Å². The smallest absolute Gasteiger partial charge is 0.00572 e. The lowest BCUT2D eigenvalue weighted by Gasteiger charge is -2.22. The molecule has 0 bridgehead atoms. The van der Waals surface area contributed by atoms with Crippen LogP contribution in [0.5, 0.6) is 0 Å². The number of hydrogen-bond acceptors (Lipinski definition) is 1. The highest BCUT2D eigenvalue weighted by molar-refractivity contribution is 7.80. The van der Waals surface area contributed by atoms with E-state index in [4.69, 9.17) is 0 Å². The number of aryl methyl sites for hydroxylation is 2. The zero-order chi connectivity index (χ0) is 11.6. The van der Waals surface area contributed by atoms with Gasteiger partial charge in [0.2, 0.25) is 0 Å². The molecule has 15 heavy (non-hydrogen) atoms. The van der Waals surface area contributed by atoms with Gasteiger partial charge in [-0.25, -0.2) is 0 Å². The van der Waals surface area contributed by atoms with Gasteiger partial charge >= 0.3 is 0 Å². The predicted octanol–water partition coefficient (Wildman–Crippen LogP) is 4.07. The summed E-state index contributed by atoms with van der Waals surface area (Å²) in [6.45, 7) is 11.2. The molecule has 0 saturated carbocycles. The second-order valence-electron chi connectivity index (χ2n) is 5.31. The molecule has 1 heteroatoms. The molecule has 0 fully saturated rings. The highest BCUT2D eigenvalue weighted by Crippen LogP contribution is 2.27. The Bertz CT molecular complexity index is 322. The summed E-state index contributed by atoms with van der Waals surface area (Å²) in [5, 5.41) is 0. The first-order valence-corrected chi connectivity index (χ1v) is 6.21. The highest BCUT2D eigenvalue weighted by Gasteiger charge is 2.15. The maximum atomic E-state index is 4.31. The van der Waals surface area contributed by atoms with Crippen molar-refractivity contribution in [2.45, 2.75) is 46.5 Å². The average molecular weight is 222 g/mol. The predicted molar refractivity (Wildman–Crippen MR) is 72.2 cm³/mol. The summed E-state index contributed by atoms with van der Waals surface area (Å²) in [6.07, 6.45) is 1.07. The number of hydrogen-bond donors (Lipinski definition) is 1. The molecule has 0 amide bonds. The third kappa shape index (κ3) is 3.01. The normalized spacial score (nSPS) is 11.9. The van der Waals surface area contributed by atoms with Gasteiger partial charge in [-0.15, -0.1) is 0 Å². The van der Waals surface area contributed by atoms with Crippen molar-refractivity contribution in [1.29, 1.82) is 0 Å². The van der Waals surface area contributed by atoms with Crippen LogP contribution in [0.15, 0.2) is 12.1 Å². The second-order valence-corrected chi connectivity index (χ2v) is 5.76. The topological polar surface area (TPSA) is 0 Å². The van der Waals surface area contributed by atoms with Gasteiger partial charge in [-0.1, -0.05) is 32.9 Å². The van der Waals surface area contributed by atoms with Gasteiger partial charge in [0.1, 0.15) is 0 Å². The van der Waals surface area contributed by atoms with Gasteiger partial charge in [-0.2, -0.15) is 12.6 Å². The van der Waals surface area contributed by atoms with Gasteiger partial charge in [-0.3, -0.25) is 0 Å². The largest absolute Gasteiger partial charge is 0.179 e.